The highest BCUT2D eigenvalue weighted by Crippen LogP contribution is 2.72. The van der Waals surface area contributed by atoms with Crippen LogP contribution in [0.4, 0.5) is 0 Å². The summed E-state index contributed by atoms with van der Waals surface area (Å²) in [5.74, 6) is 0.614. The van der Waals surface area contributed by atoms with Crippen molar-refractivity contribution in [1.29, 1.82) is 0 Å². The third-order valence-corrected chi connectivity index (χ3v) is 8.29. The zero-order chi connectivity index (χ0) is 17.1. The minimum atomic E-state index is -2.12. The molecule has 0 radical (unpaired) electrons. The van der Waals surface area contributed by atoms with Crippen LogP contribution >= 0.6 is 7.71 Å². The van der Waals surface area contributed by atoms with Gasteiger partial charge in [0.2, 0.25) is 5.85 Å². The predicted molar refractivity (Wildman–Crippen MR) is 92.5 cm³/mol. The smallest absolute Gasteiger partial charge is 0.261 e. The number of aliphatic hydroxyl groups is 1. The van der Waals surface area contributed by atoms with Crippen LogP contribution in [0.15, 0.2) is 18.2 Å². The first-order valence-electron chi connectivity index (χ1n) is 7.05. The minimum Gasteiger partial charge on any atom is -0.493 e. The third-order valence-electron chi connectivity index (χ3n) is 3.80. The molecule has 6 nitrogen and oxygen atoms in total. The molecule has 1 N–H and O–H groups in total. The molecule has 0 aliphatic heterocycles. The normalized spacial score (nSPS) is 13.8. The van der Waals surface area contributed by atoms with Gasteiger partial charge in [-0.3, -0.25) is 0 Å². The average Bonchev–Trinajstić information content (AvgIpc) is 2.45. The highest BCUT2D eigenvalue weighted by Gasteiger charge is 2.55. The summed E-state index contributed by atoms with van der Waals surface area (Å²) in [6.07, 6.45) is 0. The monoisotopic (exact) mass is 330 g/mol. The average molecular weight is 330 g/mol. The Morgan fingerprint density at radius 1 is 0.864 bits per heavy atom. The molecule has 7 heteroatoms. The number of rotatable bonds is 7. The van der Waals surface area contributed by atoms with Crippen LogP contribution in [-0.4, -0.2) is 75.6 Å². The van der Waals surface area contributed by atoms with Crippen LogP contribution in [0.3, 0.4) is 0 Å². The van der Waals surface area contributed by atoms with Crippen molar-refractivity contribution >= 4 is 7.71 Å². The van der Waals surface area contributed by atoms with Crippen molar-refractivity contribution in [3.8, 4) is 11.5 Å². The van der Waals surface area contributed by atoms with Gasteiger partial charge in [0.15, 0.2) is 11.5 Å². The Balaban J connectivity index is 3.39. The zero-order valence-corrected chi connectivity index (χ0v) is 15.8. The Bertz CT molecular complexity index is 473. The van der Waals surface area contributed by atoms with Crippen molar-refractivity contribution in [2.24, 2.45) is 0 Å². The highest BCUT2D eigenvalue weighted by molar-refractivity contribution is 7.69. The molecule has 1 aromatic rings. The van der Waals surface area contributed by atoms with Gasteiger partial charge in [0.25, 0.3) is 7.71 Å². The zero-order valence-electron chi connectivity index (χ0n) is 14.9. The van der Waals surface area contributed by atoms with Crippen LogP contribution in [-0.2, 0) is 0 Å². The van der Waals surface area contributed by atoms with Crippen LogP contribution < -0.4 is 9.47 Å². The summed E-state index contributed by atoms with van der Waals surface area (Å²) in [5.41, 5.74) is 0.807. The van der Waals surface area contributed by atoms with E-state index in [1.807, 2.05) is 60.5 Å². The number of benzene rings is 1. The van der Waals surface area contributed by atoms with Crippen LogP contribution in [0.1, 0.15) is 11.4 Å². The van der Waals surface area contributed by atoms with E-state index in [0.29, 0.717) is 11.5 Å². The van der Waals surface area contributed by atoms with Crippen LogP contribution in [0, 0.1) is 0 Å². The lowest BCUT2D eigenvalue weighted by Gasteiger charge is -2.42. The largest absolute Gasteiger partial charge is 0.493 e. The Labute approximate surface area is 134 Å². The van der Waals surface area contributed by atoms with Crippen molar-refractivity contribution in [2.75, 3.05) is 56.5 Å². The maximum absolute atomic E-state index is 11.2. The standard InChI is InChI=1S/C15H29N3O3P/c1-16(2)22(17(3)4,18(5)6)15(19)12-9-10-13(20-7)14(11-12)21-8/h9-11,15,19H,1-8H3/q+1. The molecule has 0 heterocycles. The maximum Gasteiger partial charge on any atom is 0.261 e. The third kappa shape index (κ3) is 3.21. The summed E-state index contributed by atoms with van der Waals surface area (Å²) in [6, 6.07) is 5.55. The molecule has 1 aromatic carbocycles. The van der Waals surface area contributed by atoms with E-state index in [0.717, 1.165) is 5.56 Å². The van der Waals surface area contributed by atoms with Crippen LogP contribution in [0.2, 0.25) is 0 Å². The number of hydrogen-bond acceptors (Lipinski definition) is 6. The second-order valence-electron chi connectivity index (χ2n) is 5.64. The molecule has 1 unspecified atom stereocenters. The van der Waals surface area contributed by atoms with Crippen molar-refractivity contribution in [1.82, 2.24) is 14.0 Å². The Kier molecular flexibility index (Phi) is 6.59. The van der Waals surface area contributed by atoms with Gasteiger partial charge in [-0.05, 0) is 18.2 Å². The topological polar surface area (TPSA) is 48.4 Å². The van der Waals surface area contributed by atoms with E-state index in [9.17, 15) is 5.11 Å². The van der Waals surface area contributed by atoms with Gasteiger partial charge in [0.1, 0.15) is 0 Å². The quantitative estimate of drug-likeness (QED) is 0.773. The van der Waals surface area contributed by atoms with Gasteiger partial charge >= 0.3 is 0 Å². The predicted octanol–water partition coefficient (Wildman–Crippen LogP) is 2.14. The molecule has 22 heavy (non-hydrogen) atoms. The van der Waals surface area contributed by atoms with Crippen LogP contribution in [0.25, 0.3) is 0 Å². The van der Waals surface area contributed by atoms with Gasteiger partial charge in [-0.1, -0.05) is 0 Å². The molecule has 0 aromatic heterocycles. The fraction of sp³-hybridized carbons (Fsp3) is 0.600. The summed E-state index contributed by atoms with van der Waals surface area (Å²) >= 11 is 0. The SMILES string of the molecule is COc1ccc(C(O)[P+](N(C)C)(N(C)C)N(C)C)cc1OC. The van der Waals surface area contributed by atoms with Crippen LogP contribution in [0.5, 0.6) is 11.5 Å². The second-order valence-corrected chi connectivity index (χ2v) is 9.76. The fourth-order valence-corrected chi connectivity index (χ4v) is 6.96. The van der Waals surface area contributed by atoms with Crippen molar-refractivity contribution in [3.05, 3.63) is 23.8 Å². The summed E-state index contributed by atoms with van der Waals surface area (Å²) in [5, 5.41) is 11.2. The number of ether oxygens (including phenoxy) is 2. The molecule has 0 aliphatic carbocycles. The van der Waals surface area contributed by atoms with Gasteiger partial charge in [0.05, 0.1) is 14.2 Å². The van der Waals surface area contributed by atoms with E-state index in [-0.39, 0.29) is 0 Å². The van der Waals surface area contributed by atoms with E-state index in [1.165, 1.54) is 0 Å². The molecule has 0 aliphatic rings. The molecular formula is C15H29N3O3P+. The highest BCUT2D eigenvalue weighted by atomic mass is 31.2. The van der Waals surface area contributed by atoms with Gasteiger partial charge in [-0.25, -0.2) is 0 Å². The molecule has 1 rings (SSSR count). The van der Waals surface area contributed by atoms with E-state index >= 15 is 0 Å². The second kappa shape index (κ2) is 7.57. The fourth-order valence-electron chi connectivity index (χ4n) is 2.94. The van der Waals surface area contributed by atoms with Gasteiger partial charge < -0.3 is 14.6 Å². The molecule has 0 fully saturated rings. The van der Waals surface area contributed by atoms with Crippen molar-refractivity contribution < 1.29 is 14.6 Å². The van der Waals surface area contributed by atoms with Gasteiger partial charge in [0, 0.05) is 47.8 Å². The molecule has 0 spiro atoms. The number of hydrogen-bond donors (Lipinski definition) is 1. The first kappa shape index (κ1) is 19.1. The first-order valence-corrected chi connectivity index (χ1v) is 8.77. The van der Waals surface area contributed by atoms with Gasteiger partial charge in [-0.15, -0.1) is 0 Å². The number of aliphatic hydroxyl groups excluding tert-OH is 1. The van der Waals surface area contributed by atoms with Crippen molar-refractivity contribution in [2.45, 2.75) is 5.85 Å². The lowest BCUT2D eigenvalue weighted by molar-refractivity contribution is 0.226. The van der Waals surface area contributed by atoms with E-state index in [1.54, 1.807) is 14.2 Å². The molecule has 0 amide bonds. The minimum absolute atomic E-state index is 0.619. The molecule has 0 saturated carbocycles. The van der Waals surface area contributed by atoms with E-state index in [4.69, 9.17) is 9.47 Å². The summed E-state index contributed by atoms with van der Waals surface area (Å²) in [6.45, 7) is 0. The molecule has 126 valence electrons. The Hall–Kier alpha value is -0.910. The summed E-state index contributed by atoms with van der Waals surface area (Å²) in [7, 11) is 13.1. The lowest BCUT2D eigenvalue weighted by Crippen LogP contribution is -2.39. The summed E-state index contributed by atoms with van der Waals surface area (Å²) < 4.78 is 16.9. The Morgan fingerprint density at radius 3 is 1.68 bits per heavy atom. The molecule has 0 saturated heterocycles. The number of methoxy groups -OCH3 is 2. The van der Waals surface area contributed by atoms with Gasteiger partial charge in [-0.2, -0.15) is 14.0 Å². The maximum atomic E-state index is 11.2. The lowest BCUT2D eigenvalue weighted by atomic mass is 10.2. The molecule has 1 atom stereocenters. The molecular weight excluding hydrogens is 301 g/mol. The molecule has 0 bridgehead atoms. The Morgan fingerprint density at radius 2 is 1.32 bits per heavy atom. The van der Waals surface area contributed by atoms with E-state index < -0.39 is 13.6 Å². The number of nitrogens with zero attached hydrogens (tertiary/aromatic N) is 3. The van der Waals surface area contributed by atoms with E-state index in [2.05, 4.69) is 14.0 Å². The first-order chi connectivity index (χ1) is 10.2. The van der Waals surface area contributed by atoms with Crippen molar-refractivity contribution in [3.63, 3.8) is 0 Å². The summed E-state index contributed by atoms with van der Waals surface area (Å²) in [4.78, 5) is 0.